The lowest BCUT2D eigenvalue weighted by Gasteiger charge is -2.05. The number of carbonyl (C=O) groups excluding carboxylic acids is 1. The summed E-state index contributed by atoms with van der Waals surface area (Å²) in [4.78, 5) is 12.0. The summed E-state index contributed by atoms with van der Waals surface area (Å²) in [5.41, 5.74) is -1.50. The summed E-state index contributed by atoms with van der Waals surface area (Å²) in [6.45, 7) is -0.0677. The number of alkyl halides is 3. The van der Waals surface area contributed by atoms with Gasteiger partial charge in [-0.05, 0) is 12.1 Å². The summed E-state index contributed by atoms with van der Waals surface area (Å²) in [6.07, 6.45) is -3.35. The van der Waals surface area contributed by atoms with Crippen LogP contribution in [0, 0.1) is 5.82 Å². The van der Waals surface area contributed by atoms with Crippen LogP contribution >= 0.6 is 23.2 Å². The zero-order chi connectivity index (χ0) is 19.8. The topological polar surface area (TPSA) is 75.6 Å². The van der Waals surface area contributed by atoms with Gasteiger partial charge in [0.1, 0.15) is 16.5 Å². The molecule has 3 rings (SSSR count). The standard InChI is InChI=1S/C15H9Cl2F4N5O/c16-8-2-1-3-10(18)7(8)5-26-6-9(17)13(25-26)22-14(27)11-4-12(24-23-11)15(19,20)21/h1-4,6H,5H2,(H,23,24)(H,22,25,27). The first-order chi connectivity index (χ1) is 12.6. The third-order valence-corrected chi connectivity index (χ3v) is 4.08. The van der Waals surface area contributed by atoms with Gasteiger partial charge >= 0.3 is 6.18 Å². The molecule has 0 aliphatic carbocycles. The van der Waals surface area contributed by atoms with Gasteiger partial charge in [-0.3, -0.25) is 14.6 Å². The van der Waals surface area contributed by atoms with Gasteiger partial charge in [0, 0.05) is 22.8 Å². The molecule has 0 saturated heterocycles. The van der Waals surface area contributed by atoms with Crippen molar-refractivity contribution in [3.63, 3.8) is 0 Å². The maximum atomic E-state index is 13.8. The van der Waals surface area contributed by atoms with E-state index in [1.807, 2.05) is 0 Å². The zero-order valence-corrected chi connectivity index (χ0v) is 14.6. The molecule has 0 spiro atoms. The predicted molar refractivity (Wildman–Crippen MR) is 89.3 cm³/mol. The van der Waals surface area contributed by atoms with Crippen LogP contribution in [0.15, 0.2) is 30.5 Å². The lowest BCUT2D eigenvalue weighted by Crippen LogP contribution is -2.14. The molecule has 0 fully saturated rings. The van der Waals surface area contributed by atoms with Crippen LogP contribution in [-0.2, 0) is 12.7 Å². The number of carbonyl (C=O) groups is 1. The Morgan fingerprint density at radius 2 is 2.00 bits per heavy atom. The molecule has 3 aromatic rings. The normalized spacial score (nSPS) is 11.6. The summed E-state index contributed by atoms with van der Waals surface area (Å²) in [5.74, 6) is -1.61. The summed E-state index contributed by atoms with van der Waals surface area (Å²) < 4.78 is 52.7. The van der Waals surface area contributed by atoms with Gasteiger partial charge in [0.05, 0.1) is 6.54 Å². The summed E-state index contributed by atoms with van der Waals surface area (Å²) in [7, 11) is 0. The van der Waals surface area contributed by atoms with Gasteiger partial charge in [-0.1, -0.05) is 29.3 Å². The average Bonchev–Trinajstić information content (AvgIpc) is 3.19. The van der Waals surface area contributed by atoms with Crippen LogP contribution in [0.25, 0.3) is 0 Å². The Morgan fingerprint density at radius 1 is 1.26 bits per heavy atom. The van der Waals surface area contributed by atoms with E-state index >= 15 is 0 Å². The van der Waals surface area contributed by atoms with Crippen molar-refractivity contribution in [2.45, 2.75) is 12.7 Å². The van der Waals surface area contributed by atoms with Gasteiger partial charge in [0.25, 0.3) is 5.91 Å². The lowest BCUT2D eigenvalue weighted by molar-refractivity contribution is -0.141. The number of rotatable bonds is 4. The molecule has 0 radical (unpaired) electrons. The Hall–Kier alpha value is -2.59. The number of H-pyrrole nitrogens is 1. The third-order valence-electron chi connectivity index (χ3n) is 3.45. The largest absolute Gasteiger partial charge is 0.432 e. The fourth-order valence-electron chi connectivity index (χ4n) is 2.16. The molecule has 12 heteroatoms. The SMILES string of the molecule is O=C(Nc1nn(Cc2c(F)cccc2Cl)cc1Cl)c1cc(C(F)(F)F)[nH]n1. The fraction of sp³-hybridized carbons (Fsp3) is 0.133. The van der Waals surface area contributed by atoms with Gasteiger partial charge in [-0.2, -0.15) is 23.4 Å². The van der Waals surface area contributed by atoms with E-state index < -0.39 is 29.3 Å². The minimum absolute atomic E-state index is 0.00222. The van der Waals surface area contributed by atoms with Gasteiger partial charge in [-0.25, -0.2) is 4.39 Å². The molecule has 0 bridgehead atoms. The zero-order valence-electron chi connectivity index (χ0n) is 13.1. The van der Waals surface area contributed by atoms with Crippen molar-refractivity contribution in [2.75, 3.05) is 5.32 Å². The number of amides is 1. The van der Waals surface area contributed by atoms with E-state index in [0.29, 0.717) is 6.07 Å². The van der Waals surface area contributed by atoms with E-state index in [0.717, 1.165) is 0 Å². The molecule has 1 aromatic carbocycles. The number of benzene rings is 1. The Balaban J connectivity index is 1.77. The van der Waals surface area contributed by atoms with Crippen LogP contribution in [0.1, 0.15) is 21.7 Å². The number of nitrogens with one attached hydrogen (secondary N) is 2. The molecule has 2 heterocycles. The number of nitrogens with zero attached hydrogens (tertiary/aromatic N) is 3. The van der Waals surface area contributed by atoms with Gasteiger partial charge in [0.15, 0.2) is 11.5 Å². The Labute approximate surface area is 159 Å². The first-order valence-corrected chi connectivity index (χ1v) is 8.00. The van der Waals surface area contributed by atoms with E-state index in [4.69, 9.17) is 23.2 Å². The molecule has 0 atom stereocenters. The molecule has 6 nitrogen and oxygen atoms in total. The number of hydrogen-bond acceptors (Lipinski definition) is 3. The minimum atomic E-state index is -4.66. The van der Waals surface area contributed by atoms with E-state index in [1.165, 1.54) is 29.1 Å². The molecule has 27 heavy (non-hydrogen) atoms. The van der Waals surface area contributed by atoms with E-state index in [-0.39, 0.29) is 28.0 Å². The second-order valence-electron chi connectivity index (χ2n) is 5.34. The smallest absolute Gasteiger partial charge is 0.302 e. The highest BCUT2D eigenvalue weighted by Gasteiger charge is 2.34. The molecule has 2 aromatic heterocycles. The highest BCUT2D eigenvalue weighted by atomic mass is 35.5. The fourth-order valence-corrected chi connectivity index (χ4v) is 2.58. The average molecular weight is 422 g/mol. The number of halogens is 6. The van der Waals surface area contributed by atoms with Crippen molar-refractivity contribution in [3.05, 3.63) is 63.3 Å². The van der Waals surface area contributed by atoms with Crippen molar-refractivity contribution < 1.29 is 22.4 Å². The number of hydrogen-bond donors (Lipinski definition) is 2. The quantitative estimate of drug-likeness (QED) is 0.614. The third kappa shape index (κ3) is 4.22. The number of aromatic nitrogens is 4. The van der Waals surface area contributed by atoms with Crippen molar-refractivity contribution in [1.82, 2.24) is 20.0 Å². The highest BCUT2D eigenvalue weighted by Crippen LogP contribution is 2.28. The summed E-state index contributed by atoms with van der Waals surface area (Å²) in [5, 5.41) is 11.4. The van der Waals surface area contributed by atoms with E-state index in [9.17, 15) is 22.4 Å². The second kappa shape index (κ2) is 7.20. The molecular weight excluding hydrogens is 413 g/mol. The predicted octanol–water partition coefficient (Wildman–Crippen LogP) is 4.37. The van der Waals surface area contributed by atoms with Crippen molar-refractivity contribution in [3.8, 4) is 0 Å². The molecule has 0 unspecified atom stereocenters. The molecule has 0 aliphatic rings. The minimum Gasteiger partial charge on any atom is -0.302 e. The maximum absolute atomic E-state index is 13.8. The molecule has 0 saturated carbocycles. The molecular formula is C15H9Cl2F4N5O. The Bertz CT molecular complexity index is 978. The monoisotopic (exact) mass is 421 g/mol. The van der Waals surface area contributed by atoms with Crippen LogP contribution < -0.4 is 5.32 Å². The number of aromatic amines is 1. The molecule has 1 amide bonds. The first kappa shape index (κ1) is 19.2. The maximum Gasteiger partial charge on any atom is 0.432 e. The van der Waals surface area contributed by atoms with Gasteiger partial charge in [0.2, 0.25) is 0 Å². The summed E-state index contributed by atoms with van der Waals surface area (Å²) in [6, 6.07) is 4.73. The second-order valence-corrected chi connectivity index (χ2v) is 6.16. The van der Waals surface area contributed by atoms with Crippen LogP contribution in [-0.4, -0.2) is 25.9 Å². The number of anilines is 1. The van der Waals surface area contributed by atoms with Crippen LogP contribution in [0.2, 0.25) is 10.0 Å². The highest BCUT2D eigenvalue weighted by molar-refractivity contribution is 6.33. The van der Waals surface area contributed by atoms with E-state index in [2.05, 4.69) is 15.5 Å². The van der Waals surface area contributed by atoms with Gasteiger partial charge < -0.3 is 5.32 Å². The van der Waals surface area contributed by atoms with E-state index in [1.54, 1.807) is 5.10 Å². The molecule has 0 aliphatic heterocycles. The van der Waals surface area contributed by atoms with Crippen molar-refractivity contribution in [1.29, 1.82) is 0 Å². The Kier molecular flexibility index (Phi) is 5.11. The van der Waals surface area contributed by atoms with Gasteiger partial charge in [-0.15, -0.1) is 0 Å². The molecule has 142 valence electrons. The first-order valence-electron chi connectivity index (χ1n) is 7.25. The van der Waals surface area contributed by atoms with Crippen LogP contribution in [0.4, 0.5) is 23.4 Å². The van der Waals surface area contributed by atoms with Crippen molar-refractivity contribution in [2.24, 2.45) is 0 Å². The van der Waals surface area contributed by atoms with Crippen molar-refractivity contribution >= 4 is 34.9 Å². The van der Waals surface area contributed by atoms with Crippen LogP contribution in [0.3, 0.4) is 0 Å². The van der Waals surface area contributed by atoms with Crippen LogP contribution in [0.5, 0.6) is 0 Å². The molecule has 2 N–H and O–H groups in total. The summed E-state index contributed by atoms with van der Waals surface area (Å²) >= 11 is 11.9. The Morgan fingerprint density at radius 3 is 2.63 bits per heavy atom. The lowest BCUT2D eigenvalue weighted by atomic mass is 10.2.